The molecular formula is C15H19ClN4O2. The van der Waals surface area contributed by atoms with Crippen LogP contribution in [0.1, 0.15) is 18.9 Å². The van der Waals surface area contributed by atoms with Crippen LogP contribution in [0.3, 0.4) is 0 Å². The summed E-state index contributed by atoms with van der Waals surface area (Å²) >= 11 is 5.84. The summed E-state index contributed by atoms with van der Waals surface area (Å²) in [5.41, 5.74) is 1.68. The minimum atomic E-state index is -0.428. The topological polar surface area (TPSA) is 79.2 Å². The maximum atomic E-state index is 11.6. The van der Waals surface area contributed by atoms with Crippen LogP contribution in [0.2, 0.25) is 5.02 Å². The second-order valence-corrected chi connectivity index (χ2v) is 5.51. The first-order valence-electron chi connectivity index (χ1n) is 7.03. The highest BCUT2D eigenvalue weighted by molar-refractivity contribution is 6.30. The van der Waals surface area contributed by atoms with Gasteiger partial charge < -0.3 is 15.7 Å². The van der Waals surface area contributed by atoms with Gasteiger partial charge in [0.1, 0.15) is 0 Å². The number of halogens is 1. The Labute approximate surface area is 134 Å². The SMILES string of the molecule is CC(O)CCNC(=O)Nc1cnn(Cc2ccc(Cl)cc2)c1. The maximum absolute atomic E-state index is 11.6. The van der Waals surface area contributed by atoms with Gasteiger partial charge in [0, 0.05) is 17.8 Å². The summed E-state index contributed by atoms with van der Waals surface area (Å²) < 4.78 is 1.73. The summed E-state index contributed by atoms with van der Waals surface area (Å²) in [6.45, 7) is 2.70. The molecule has 1 aromatic carbocycles. The van der Waals surface area contributed by atoms with Crippen molar-refractivity contribution in [2.45, 2.75) is 26.0 Å². The molecule has 118 valence electrons. The fourth-order valence-corrected chi connectivity index (χ4v) is 1.99. The summed E-state index contributed by atoms with van der Waals surface area (Å²) in [5, 5.41) is 19.4. The number of aliphatic hydroxyl groups excluding tert-OH is 1. The molecule has 0 aliphatic heterocycles. The zero-order valence-corrected chi connectivity index (χ0v) is 13.0. The number of carbonyl (C=O) groups excluding carboxylic acids is 1. The summed E-state index contributed by atoms with van der Waals surface area (Å²) in [7, 11) is 0. The lowest BCUT2D eigenvalue weighted by atomic mass is 10.2. The van der Waals surface area contributed by atoms with Gasteiger partial charge in [0.05, 0.1) is 24.5 Å². The lowest BCUT2D eigenvalue weighted by Crippen LogP contribution is -2.30. The molecule has 2 amide bonds. The van der Waals surface area contributed by atoms with Gasteiger partial charge in [-0.3, -0.25) is 4.68 Å². The molecule has 1 atom stereocenters. The number of hydrogen-bond acceptors (Lipinski definition) is 3. The van der Waals surface area contributed by atoms with Crippen molar-refractivity contribution < 1.29 is 9.90 Å². The van der Waals surface area contributed by atoms with Gasteiger partial charge in [-0.2, -0.15) is 5.10 Å². The number of benzene rings is 1. The molecule has 7 heteroatoms. The number of amides is 2. The Bertz CT molecular complexity index is 610. The van der Waals surface area contributed by atoms with Gasteiger partial charge >= 0.3 is 6.03 Å². The molecule has 1 heterocycles. The van der Waals surface area contributed by atoms with Crippen LogP contribution in [0, 0.1) is 0 Å². The Morgan fingerprint density at radius 1 is 1.41 bits per heavy atom. The Hall–Kier alpha value is -2.05. The van der Waals surface area contributed by atoms with Crippen LogP contribution in [-0.4, -0.2) is 33.6 Å². The number of nitrogens with one attached hydrogen (secondary N) is 2. The van der Waals surface area contributed by atoms with Crippen LogP contribution >= 0.6 is 11.6 Å². The molecule has 0 saturated carbocycles. The minimum absolute atomic E-state index is 0.313. The third-order valence-electron chi connectivity index (χ3n) is 3.00. The van der Waals surface area contributed by atoms with Gasteiger partial charge in [0.15, 0.2) is 0 Å². The predicted octanol–water partition coefficient (Wildman–Crippen LogP) is 2.48. The molecule has 1 unspecified atom stereocenters. The average Bonchev–Trinajstić information content (AvgIpc) is 2.88. The van der Waals surface area contributed by atoms with Crippen LogP contribution in [0.4, 0.5) is 10.5 Å². The van der Waals surface area contributed by atoms with E-state index in [-0.39, 0.29) is 6.03 Å². The van der Waals surface area contributed by atoms with E-state index in [1.54, 1.807) is 24.0 Å². The Kier molecular flexibility index (Phi) is 5.80. The summed E-state index contributed by atoms with van der Waals surface area (Å²) in [6.07, 6.45) is 3.43. The molecule has 0 saturated heterocycles. The smallest absolute Gasteiger partial charge is 0.319 e. The highest BCUT2D eigenvalue weighted by Crippen LogP contribution is 2.12. The van der Waals surface area contributed by atoms with E-state index in [2.05, 4.69) is 15.7 Å². The van der Waals surface area contributed by atoms with Crippen LogP contribution in [0.25, 0.3) is 0 Å². The number of aromatic nitrogens is 2. The number of urea groups is 1. The highest BCUT2D eigenvalue weighted by atomic mass is 35.5. The number of rotatable bonds is 6. The highest BCUT2D eigenvalue weighted by Gasteiger charge is 2.05. The van der Waals surface area contributed by atoms with E-state index < -0.39 is 6.10 Å². The standard InChI is InChI=1S/C15H19ClN4O2/c1-11(21)6-7-17-15(22)19-14-8-18-20(10-14)9-12-2-4-13(16)5-3-12/h2-5,8,10-11,21H,6-7,9H2,1H3,(H2,17,19,22). The van der Waals surface area contributed by atoms with E-state index in [1.165, 1.54) is 0 Å². The summed E-state index contributed by atoms with van der Waals surface area (Å²) in [6, 6.07) is 7.20. The molecule has 1 aromatic heterocycles. The minimum Gasteiger partial charge on any atom is -0.393 e. The third-order valence-corrected chi connectivity index (χ3v) is 3.25. The van der Waals surface area contributed by atoms with E-state index in [4.69, 9.17) is 16.7 Å². The van der Waals surface area contributed by atoms with Crippen molar-refractivity contribution in [1.29, 1.82) is 0 Å². The van der Waals surface area contributed by atoms with Gasteiger partial charge in [-0.05, 0) is 31.0 Å². The molecular weight excluding hydrogens is 304 g/mol. The second-order valence-electron chi connectivity index (χ2n) is 5.07. The molecule has 22 heavy (non-hydrogen) atoms. The number of nitrogens with zero attached hydrogens (tertiary/aromatic N) is 2. The lowest BCUT2D eigenvalue weighted by molar-refractivity contribution is 0.184. The molecule has 0 radical (unpaired) electrons. The van der Waals surface area contributed by atoms with Crippen molar-refractivity contribution in [1.82, 2.24) is 15.1 Å². The number of hydrogen-bond donors (Lipinski definition) is 3. The quantitative estimate of drug-likeness (QED) is 0.764. The molecule has 0 bridgehead atoms. The van der Waals surface area contributed by atoms with Crippen molar-refractivity contribution in [2.75, 3.05) is 11.9 Å². The van der Waals surface area contributed by atoms with E-state index >= 15 is 0 Å². The van der Waals surface area contributed by atoms with Crippen LogP contribution in [-0.2, 0) is 6.54 Å². The first-order valence-corrected chi connectivity index (χ1v) is 7.40. The van der Waals surface area contributed by atoms with Crippen molar-refractivity contribution in [3.05, 3.63) is 47.2 Å². The van der Waals surface area contributed by atoms with Crippen molar-refractivity contribution in [3.63, 3.8) is 0 Å². The van der Waals surface area contributed by atoms with Crippen molar-refractivity contribution in [3.8, 4) is 0 Å². The average molecular weight is 323 g/mol. The molecule has 0 spiro atoms. The number of aliphatic hydroxyl groups is 1. The van der Waals surface area contributed by atoms with Gasteiger partial charge in [0.25, 0.3) is 0 Å². The summed E-state index contributed by atoms with van der Waals surface area (Å²) in [4.78, 5) is 11.6. The first-order chi connectivity index (χ1) is 10.5. The maximum Gasteiger partial charge on any atom is 0.319 e. The van der Waals surface area contributed by atoms with E-state index in [9.17, 15) is 4.79 Å². The molecule has 0 fully saturated rings. The Balaban J connectivity index is 1.83. The predicted molar refractivity (Wildman–Crippen MR) is 86.1 cm³/mol. The fourth-order valence-electron chi connectivity index (χ4n) is 1.86. The Morgan fingerprint density at radius 3 is 2.82 bits per heavy atom. The van der Waals surface area contributed by atoms with Gasteiger partial charge in [-0.25, -0.2) is 4.79 Å². The monoisotopic (exact) mass is 322 g/mol. The second kappa shape index (κ2) is 7.82. The van der Waals surface area contributed by atoms with Gasteiger partial charge in [-0.15, -0.1) is 0 Å². The molecule has 0 aliphatic rings. The molecule has 0 aliphatic carbocycles. The molecule has 2 rings (SSSR count). The third kappa shape index (κ3) is 5.38. The van der Waals surface area contributed by atoms with Crippen LogP contribution in [0.15, 0.2) is 36.7 Å². The van der Waals surface area contributed by atoms with E-state index in [1.807, 2.05) is 24.3 Å². The largest absolute Gasteiger partial charge is 0.393 e. The number of carbonyl (C=O) groups is 1. The molecule has 6 nitrogen and oxygen atoms in total. The molecule has 3 N–H and O–H groups in total. The van der Waals surface area contributed by atoms with Crippen molar-refractivity contribution >= 4 is 23.3 Å². The Morgan fingerprint density at radius 2 is 2.14 bits per heavy atom. The molecule has 2 aromatic rings. The zero-order chi connectivity index (χ0) is 15.9. The fraction of sp³-hybridized carbons (Fsp3) is 0.333. The van der Waals surface area contributed by atoms with Crippen LogP contribution < -0.4 is 10.6 Å². The number of anilines is 1. The zero-order valence-electron chi connectivity index (χ0n) is 12.3. The summed E-state index contributed by atoms with van der Waals surface area (Å²) in [5.74, 6) is 0. The first kappa shape index (κ1) is 16.3. The lowest BCUT2D eigenvalue weighted by Gasteiger charge is -2.07. The normalized spacial score (nSPS) is 12.0. The van der Waals surface area contributed by atoms with Gasteiger partial charge in [0.2, 0.25) is 0 Å². The van der Waals surface area contributed by atoms with Gasteiger partial charge in [-0.1, -0.05) is 23.7 Å². The van der Waals surface area contributed by atoms with E-state index in [0.29, 0.717) is 30.2 Å². The van der Waals surface area contributed by atoms with Crippen LogP contribution in [0.5, 0.6) is 0 Å². The van der Waals surface area contributed by atoms with E-state index in [0.717, 1.165) is 5.56 Å². The van der Waals surface area contributed by atoms with Crippen molar-refractivity contribution in [2.24, 2.45) is 0 Å².